The maximum absolute atomic E-state index is 17.2. The van der Waals surface area contributed by atoms with Gasteiger partial charge in [-0.1, -0.05) is 176 Å². The number of ether oxygens (including phenoxy) is 2. The second-order valence-corrected chi connectivity index (χ2v) is 37.1. The van der Waals surface area contributed by atoms with Gasteiger partial charge in [0.05, 0.1) is 34.1 Å². The third-order valence-corrected chi connectivity index (χ3v) is 33.1. The number of hydrogen-bond acceptors (Lipinski definition) is 9. The second kappa shape index (κ2) is 23.9. The first-order valence-corrected chi connectivity index (χ1v) is 40.0. The molecule has 17 rings (SSSR count). The summed E-state index contributed by atoms with van der Waals surface area (Å²) in [7, 11) is 4.07. The first-order valence-electron chi connectivity index (χ1n) is 37.7. The van der Waals surface area contributed by atoms with Crippen molar-refractivity contribution in [1.82, 2.24) is 0 Å². The second-order valence-electron chi connectivity index (χ2n) is 34.5. The van der Waals surface area contributed by atoms with Gasteiger partial charge in [0.1, 0.15) is 12.7 Å². The highest BCUT2D eigenvalue weighted by atomic mass is 33.1. The number of benzene rings is 5. The Morgan fingerprint density at radius 2 is 1.39 bits per heavy atom. The zero-order valence-corrected chi connectivity index (χ0v) is 58.4. The van der Waals surface area contributed by atoms with E-state index in [0.717, 1.165) is 82.0 Å². The molecule has 95 heavy (non-hydrogen) atoms. The molecule has 7 nitrogen and oxygen atoms in total. The molecular formula is C86H102O7S2. The van der Waals surface area contributed by atoms with E-state index in [4.69, 9.17) is 9.47 Å². The highest BCUT2D eigenvalue weighted by Gasteiger charge is 2.79. The van der Waals surface area contributed by atoms with Crippen molar-refractivity contribution in [3.63, 3.8) is 0 Å². The third kappa shape index (κ3) is 9.86. The van der Waals surface area contributed by atoms with Crippen molar-refractivity contribution < 1.29 is 34.4 Å². The molecule has 0 radical (unpaired) electrons. The van der Waals surface area contributed by atoms with Crippen LogP contribution >= 0.6 is 21.6 Å². The number of aliphatic hydroxyl groups excluding tert-OH is 2. The Hall–Kier alpha value is -4.82. The Bertz CT molecular complexity index is 3860. The van der Waals surface area contributed by atoms with E-state index in [1.807, 2.05) is 21.6 Å². The van der Waals surface area contributed by atoms with Crippen molar-refractivity contribution in [2.24, 2.45) is 68.0 Å². The van der Waals surface area contributed by atoms with Gasteiger partial charge in [-0.3, -0.25) is 4.79 Å². The molecule has 21 atom stereocenters. The SMILES string of the molecule is C[C@]12CC[C@@H](SSC[C@@H](Cc3ccccc3)C1)[C@@H]1CC[C@@H](Cc3ccccc3)C[C@]13CC#C[C@@]1(C)C[C@@H](OC3=O)[C@H]3[C@](C)([C@H]4CC[C@]56CC[C@@H]7C[C@]8(c9ccccc9)CCCC[C@@H]8c8ccc9cccc(c9c8[C@@H]75)[C@@H]6C4)CC[C@@H](O)[C@]3([C@@H](O)CC2)[C@@]1(O)CCC1=CC(=O)OC1. The molecule has 4 aliphatic heterocycles. The maximum atomic E-state index is 17.2. The van der Waals surface area contributed by atoms with Crippen molar-refractivity contribution in [2.45, 2.75) is 240 Å². The normalized spacial score (nSPS) is 43.3. The summed E-state index contributed by atoms with van der Waals surface area (Å²) in [5, 5.41) is 47.3. The fraction of sp³-hybridized carbons (Fsp3) is 0.605. The number of carbonyl (C=O) groups excluding carboxylic acids is 2. The van der Waals surface area contributed by atoms with Crippen LogP contribution in [-0.2, 0) is 37.3 Å². The van der Waals surface area contributed by atoms with Crippen molar-refractivity contribution in [1.29, 1.82) is 0 Å². The minimum absolute atomic E-state index is 0.0135. The average molecular weight is 1310 g/mol. The number of carbonyl (C=O) groups is 2. The molecule has 0 unspecified atom stereocenters. The van der Waals surface area contributed by atoms with E-state index < -0.39 is 51.5 Å². The Labute approximate surface area is 573 Å². The van der Waals surface area contributed by atoms with Crippen LogP contribution in [0.3, 0.4) is 0 Å². The highest BCUT2D eigenvalue weighted by molar-refractivity contribution is 8.76. The highest BCUT2D eigenvalue weighted by Crippen LogP contribution is 2.78. The van der Waals surface area contributed by atoms with Crippen molar-refractivity contribution >= 4 is 44.3 Å². The Balaban J connectivity index is 0.834. The maximum Gasteiger partial charge on any atom is 0.331 e. The lowest BCUT2D eigenvalue weighted by molar-refractivity contribution is -0.340. The molecular weight excluding hydrogens is 1210 g/mol. The number of aliphatic hydroxyl groups is 3. The monoisotopic (exact) mass is 1310 g/mol. The van der Waals surface area contributed by atoms with E-state index in [-0.39, 0.29) is 64.2 Å². The fourth-order valence-corrected chi connectivity index (χ4v) is 29.5. The summed E-state index contributed by atoms with van der Waals surface area (Å²) in [6, 6.07) is 46.0. The average Bonchev–Trinajstić information content (AvgIpc) is 1.56. The smallest absolute Gasteiger partial charge is 0.331 e. The molecule has 5 aromatic rings. The molecule has 0 amide bonds. The summed E-state index contributed by atoms with van der Waals surface area (Å²) < 4.78 is 13.5. The van der Waals surface area contributed by atoms with Crippen LogP contribution in [0.1, 0.15) is 226 Å². The van der Waals surface area contributed by atoms with E-state index in [1.54, 1.807) is 22.8 Å². The topological polar surface area (TPSA) is 113 Å². The van der Waals surface area contributed by atoms with E-state index in [2.05, 4.69) is 154 Å². The van der Waals surface area contributed by atoms with Gasteiger partial charge in [-0.25, -0.2) is 4.79 Å². The Kier molecular flexibility index (Phi) is 16.0. The van der Waals surface area contributed by atoms with Crippen LogP contribution in [0.15, 0.2) is 133 Å². The molecule has 2 spiro atoms. The predicted octanol–water partition coefficient (Wildman–Crippen LogP) is 18.3. The summed E-state index contributed by atoms with van der Waals surface area (Å²) in [5.41, 5.74) is 3.73. The summed E-state index contributed by atoms with van der Waals surface area (Å²) in [6.45, 7) is 7.27. The molecule has 3 N–H and O–H groups in total. The lowest BCUT2D eigenvalue weighted by Gasteiger charge is -2.72. The molecule has 500 valence electrons. The van der Waals surface area contributed by atoms with Gasteiger partial charge in [-0.15, -0.1) is 5.92 Å². The number of fused-ring (bicyclic) bond motifs is 9. The summed E-state index contributed by atoms with van der Waals surface area (Å²) in [6.07, 6.45) is 21.1. The Morgan fingerprint density at radius 3 is 2.16 bits per heavy atom. The number of esters is 2. The Morgan fingerprint density at radius 1 is 0.653 bits per heavy atom. The van der Waals surface area contributed by atoms with Gasteiger partial charge >= 0.3 is 11.9 Å². The summed E-state index contributed by atoms with van der Waals surface area (Å²) in [4.78, 5) is 30.2. The molecule has 5 aromatic carbocycles. The van der Waals surface area contributed by atoms with Gasteiger partial charge in [0.25, 0.3) is 0 Å². The van der Waals surface area contributed by atoms with Crippen LogP contribution in [0.5, 0.6) is 0 Å². The quantitative estimate of drug-likeness (QED) is 0.0754. The van der Waals surface area contributed by atoms with Crippen LogP contribution in [0.25, 0.3) is 10.8 Å². The summed E-state index contributed by atoms with van der Waals surface area (Å²) >= 11 is 0. The van der Waals surface area contributed by atoms with Gasteiger partial charge in [0.15, 0.2) is 0 Å². The van der Waals surface area contributed by atoms with Gasteiger partial charge in [-0.05, 0) is 261 Å². The van der Waals surface area contributed by atoms with Gasteiger partial charge in [0, 0.05) is 41.3 Å². The zero-order valence-electron chi connectivity index (χ0n) is 56.7. The third-order valence-electron chi connectivity index (χ3n) is 30.0. The van der Waals surface area contributed by atoms with Gasteiger partial charge in [-0.2, -0.15) is 0 Å². The van der Waals surface area contributed by atoms with E-state index in [0.29, 0.717) is 74.5 Å². The van der Waals surface area contributed by atoms with Crippen molar-refractivity contribution in [2.75, 3.05) is 12.4 Å². The van der Waals surface area contributed by atoms with Gasteiger partial charge < -0.3 is 24.8 Å². The molecule has 12 aliphatic rings. The van der Waals surface area contributed by atoms with Crippen LogP contribution < -0.4 is 0 Å². The molecule has 6 saturated carbocycles. The minimum atomic E-state index is -1.80. The summed E-state index contributed by atoms with van der Waals surface area (Å²) in [5.74, 6) is 10.2. The van der Waals surface area contributed by atoms with Crippen LogP contribution in [-0.4, -0.2) is 68.8 Å². The predicted molar refractivity (Wildman–Crippen MR) is 381 cm³/mol. The fourth-order valence-electron chi connectivity index (χ4n) is 26.0. The number of cyclic esters (lactones) is 1. The zero-order chi connectivity index (χ0) is 64.7. The van der Waals surface area contributed by atoms with Crippen LogP contribution in [0.4, 0.5) is 0 Å². The van der Waals surface area contributed by atoms with Crippen molar-refractivity contribution in [3.8, 4) is 11.8 Å². The molecule has 8 aliphatic carbocycles. The van der Waals surface area contributed by atoms with E-state index >= 15 is 9.90 Å². The number of rotatable bonds is 9. The molecule has 6 bridgehead atoms. The molecule has 9 heteroatoms. The largest absolute Gasteiger partial charge is 0.462 e. The molecule has 8 fully saturated rings. The standard InChI is InChI=1S/C86H102O7S2/c1-79-39-33-70(95-94-54-59(49-79)46-56-19-9-5-10-20-56)67-29-26-57(45-55-17-7-4-8-18-55)50-84(67)38-16-36-80(2)52-69(93-78(84)90)77-81(3,41-35-72(88)86(77,71(87)34-40-79)85(80,91)44-30-58-47-73(89)92-53-58)63-32-43-82-42-31-61-51-83(62-22-11-6-12-23-62)37-14-13-25-66(83)65-28-27-60-21-15-24-64(68(82)48-63)74(60)75(65)76(61)82/h4-12,15,17-24,27-28,47,57,59,61,63,66-72,76-77,87-88,91H,13-14,25-26,29-35,37-46,48-54H2,1-3H3/t57-,59-,61+,63-,66+,67-,68-,69+,70+,71-,72+,76+,77-,79+,80-,81-,82-,83-,84+,85+,86-/m0/s1. The molecule has 4 heterocycles. The first kappa shape index (κ1) is 63.6. The van der Waals surface area contributed by atoms with E-state index in [1.165, 1.54) is 72.4 Å². The lowest BCUT2D eigenvalue weighted by atomic mass is 9.34. The molecule has 2 saturated heterocycles. The number of hydrogen-bond donors (Lipinski definition) is 3. The van der Waals surface area contributed by atoms with Crippen molar-refractivity contribution in [3.05, 3.63) is 166 Å². The lowest BCUT2D eigenvalue weighted by Crippen LogP contribution is -2.79. The van der Waals surface area contributed by atoms with Crippen LogP contribution in [0.2, 0.25) is 0 Å². The molecule has 0 aromatic heterocycles. The van der Waals surface area contributed by atoms with Crippen LogP contribution in [0, 0.1) is 79.8 Å². The van der Waals surface area contributed by atoms with E-state index in [9.17, 15) is 15.0 Å². The van der Waals surface area contributed by atoms with Gasteiger partial charge in [0.2, 0.25) is 0 Å². The minimum Gasteiger partial charge on any atom is -0.462 e. The first-order chi connectivity index (χ1) is 46.0.